The van der Waals surface area contributed by atoms with E-state index in [2.05, 4.69) is 42.8 Å². The number of hydrogen-bond donors (Lipinski definition) is 0. The van der Waals surface area contributed by atoms with Gasteiger partial charge in [0.1, 0.15) is 5.82 Å². The number of benzene rings is 2. The van der Waals surface area contributed by atoms with Crippen LogP contribution in [-0.4, -0.2) is 50.6 Å². The van der Waals surface area contributed by atoms with Crippen LogP contribution in [0, 0.1) is 31.5 Å². The van der Waals surface area contributed by atoms with Crippen molar-refractivity contribution in [2.45, 2.75) is 33.6 Å². The Bertz CT molecular complexity index is 928. The van der Waals surface area contributed by atoms with E-state index in [1.165, 1.54) is 11.8 Å². The molecule has 0 aromatic heterocycles. The maximum Gasteiger partial charge on any atom is 0.229 e. The highest BCUT2D eigenvalue weighted by Gasteiger charge is 2.34. The van der Waals surface area contributed by atoms with E-state index < -0.39 is 0 Å². The molecule has 4 nitrogen and oxygen atoms in total. The minimum atomic E-state index is -0.150. The molecule has 5 heteroatoms. The number of aryl methyl sites for hydroxylation is 2. The highest BCUT2D eigenvalue weighted by Crippen LogP contribution is 2.36. The molecule has 0 bridgehead atoms. The van der Waals surface area contributed by atoms with Gasteiger partial charge in [0.15, 0.2) is 0 Å². The normalized spacial score (nSPS) is 22.8. The Kier molecular flexibility index (Phi) is 6.33. The summed E-state index contributed by atoms with van der Waals surface area (Å²) in [5.41, 5.74) is 5.30. The average molecular weight is 424 g/mol. The van der Waals surface area contributed by atoms with Crippen LogP contribution < -0.4 is 9.80 Å². The summed E-state index contributed by atoms with van der Waals surface area (Å²) in [5.74, 6) is 0.230. The van der Waals surface area contributed by atoms with Gasteiger partial charge in [-0.15, -0.1) is 0 Å². The van der Waals surface area contributed by atoms with E-state index in [1.54, 1.807) is 6.07 Å². The molecule has 2 aromatic rings. The number of rotatable bonds is 4. The van der Waals surface area contributed by atoms with Gasteiger partial charge in [0, 0.05) is 50.0 Å². The summed E-state index contributed by atoms with van der Waals surface area (Å²) >= 11 is 0. The maximum absolute atomic E-state index is 14.2. The van der Waals surface area contributed by atoms with Gasteiger partial charge in [0.2, 0.25) is 5.91 Å². The SMILES string of the molecule is Cc1cc(N2CCN(C)CC2)cc(C)c1N1C[C@@H](Cc2ccccc2F)C[C@@H](C)C1=O. The van der Waals surface area contributed by atoms with Crippen molar-refractivity contribution in [3.63, 3.8) is 0 Å². The van der Waals surface area contributed by atoms with Crippen LogP contribution in [0.25, 0.3) is 0 Å². The van der Waals surface area contributed by atoms with Crippen LogP contribution in [0.1, 0.15) is 30.0 Å². The first-order valence-corrected chi connectivity index (χ1v) is 11.4. The lowest BCUT2D eigenvalue weighted by Gasteiger charge is -2.39. The molecule has 0 radical (unpaired) electrons. The van der Waals surface area contributed by atoms with Crippen molar-refractivity contribution in [2.24, 2.45) is 11.8 Å². The molecule has 0 N–H and O–H groups in total. The van der Waals surface area contributed by atoms with Gasteiger partial charge in [-0.25, -0.2) is 4.39 Å². The van der Waals surface area contributed by atoms with Crippen molar-refractivity contribution in [1.82, 2.24) is 4.90 Å². The molecule has 1 amide bonds. The standard InChI is InChI=1S/C26H34FN3O/c1-18-14-23(29-11-9-28(4)10-12-29)15-19(2)25(18)30-17-21(13-20(3)26(30)31)16-22-7-5-6-8-24(22)27/h5-8,14-15,20-21H,9-13,16-17H2,1-4H3/t20-,21-/m1/s1. The van der Waals surface area contributed by atoms with E-state index >= 15 is 0 Å². The third-order valence-corrected chi connectivity index (χ3v) is 6.90. The Hall–Kier alpha value is -2.40. The summed E-state index contributed by atoms with van der Waals surface area (Å²) < 4.78 is 14.2. The summed E-state index contributed by atoms with van der Waals surface area (Å²) in [7, 11) is 2.16. The van der Waals surface area contributed by atoms with Gasteiger partial charge in [0.05, 0.1) is 0 Å². The summed E-state index contributed by atoms with van der Waals surface area (Å²) in [4.78, 5) is 19.9. The molecule has 2 heterocycles. The minimum Gasteiger partial charge on any atom is -0.369 e. The highest BCUT2D eigenvalue weighted by atomic mass is 19.1. The molecule has 0 unspecified atom stereocenters. The van der Waals surface area contributed by atoms with Crippen LogP contribution in [0.15, 0.2) is 36.4 Å². The van der Waals surface area contributed by atoms with E-state index in [4.69, 9.17) is 0 Å². The predicted molar refractivity (Wildman–Crippen MR) is 125 cm³/mol. The first kappa shape index (κ1) is 21.8. The van der Waals surface area contributed by atoms with Crippen molar-refractivity contribution in [2.75, 3.05) is 49.6 Å². The van der Waals surface area contributed by atoms with Crippen LogP contribution in [0.3, 0.4) is 0 Å². The number of carbonyl (C=O) groups excluding carboxylic acids is 1. The quantitative estimate of drug-likeness (QED) is 0.728. The van der Waals surface area contributed by atoms with Gasteiger partial charge >= 0.3 is 0 Å². The smallest absolute Gasteiger partial charge is 0.229 e. The number of hydrogen-bond acceptors (Lipinski definition) is 3. The van der Waals surface area contributed by atoms with Gasteiger partial charge in [-0.1, -0.05) is 25.1 Å². The molecule has 2 saturated heterocycles. The molecule has 2 fully saturated rings. The number of piperidine rings is 1. The zero-order chi connectivity index (χ0) is 22.1. The highest BCUT2D eigenvalue weighted by molar-refractivity contribution is 5.97. The second kappa shape index (κ2) is 8.99. The molecule has 0 spiro atoms. The summed E-state index contributed by atoms with van der Waals surface area (Å²) in [6.07, 6.45) is 1.47. The third kappa shape index (κ3) is 4.62. The lowest BCUT2D eigenvalue weighted by atomic mass is 9.84. The van der Waals surface area contributed by atoms with Crippen LogP contribution in [0.2, 0.25) is 0 Å². The summed E-state index contributed by atoms with van der Waals surface area (Å²) in [6.45, 7) is 11.1. The van der Waals surface area contributed by atoms with Crippen molar-refractivity contribution < 1.29 is 9.18 Å². The fourth-order valence-corrected chi connectivity index (χ4v) is 5.22. The van der Waals surface area contributed by atoms with Crippen LogP contribution in [-0.2, 0) is 11.2 Å². The minimum absolute atomic E-state index is 0.0540. The summed E-state index contributed by atoms with van der Waals surface area (Å²) in [5, 5.41) is 0. The number of nitrogens with zero attached hydrogens (tertiary/aromatic N) is 3. The fraction of sp³-hybridized carbons (Fsp3) is 0.500. The van der Waals surface area contributed by atoms with Crippen LogP contribution >= 0.6 is 0 Å². The topological polar surface area (TPSA) is 26.8 Å². The molecular weight excluding hydrogens is 389 g/mol. The molecule has 0 aliphatic carbocycles. The molecule has 166 valence electrons. The van der Waals surface area contributed by atoms with E-state index in [9.17, 15) is 9.18 Å². The number of carbonyl (C=O) groups is 1. The number of likely N-dealkylation sites (N-methyl/N-ethyl adjacent to an activating group) is 1. The first-order chi connectivity index (χ1) is 14.8. The molecule has 31 heavy (non-hydrogen) atoms. The average Bonchev–Trinajstić information content (AvgIpc) is 2.73. The largest absolute Gasteiger partial charge is 0.369 e. The van der Waals surface area contributed by atoms with Crippen LogP contribution in [0.5, 0.6) is 0 Å². The molecule has 2 atom stereocenters. The Labute approximate surface area is 185 Å². The second-order valence-corrected chi connectivity index (χ2v) is 9.47. The van der Waals surface area contributed by atoms with Gasteiger partial charge in [-0.05, 0) is 74.5 Å². The fourth-order valence-electron chi connectivity index (χ4n) is 5.22. The lowest BCUT2D eigenvalue weighted by molar-refractivity contribution is -0.124. The Morgan fingerprint density at radius 1 is 1.03 bits per heavy atom. The first-order valence-electron chi connectivity index (χ1n) is 11.4. The van der Waals surface area contributed by atoms with Gasteiger partial charge in [0.25, 0.3) is 0 Å². The van der Waals surface area contributed by atoms with E-state index in [0.717, 1.165) is 55.0 Å². The van der Waals surface area contributed by atoms with E-state index in [0.29, 0.717) is 13.0 Å². The van der Waals surface area contributed by atoms with Gasteiger partial charge < -0.3 is 14.7 Å². The number of amides is 1. The Balaban J connectivity index is 1.58. The molecule has 4 rings (SSSR count). The molecule has 2 aliphatic rings. The molecule has 2 aliphatic heterocycles. The van der Waals surface area contributed by atoms with Gasteiger partial charge in [-0.2, -0.15) is 0 Å². The van der Waals surface area contributed by atoms with Crippen LogP contribution in [0.4, 0.5) is 15.8 Å². The monoisotopic (exact) mass is 423 g/mol. The second-order valence-electron chi connectivity index (χ2n) is 9.47. The lowest BCUT2D eigenvalue weighted by Crippen LogP contribution is -2.46. The van der Waals surface area contributed by atoms with Crippen molar-refractivity contribution in [1.29, 1.82) is 0 Å². The van der Waals surface area contributed by atoms with E-state index in [-0.39, 0.29) is 23.6 Å². The van der Waals surface area contributed by atoms with Crippen molar-refractivity contribution >= 4 is 17.3 Å². The third-order valence-electron chi connectivity index (χ3n) is 6.90. The van der Waals surface area contributed by atoms with Crippen molar-refractivity contribution in [3.05, 3.63) is 58.9 Å². The molecule has 2 aromatic carbocycles. The Morgan fingerprint density at radius 3 is 2.32 bits per heavy atom. The summed E-state index contributed by atoms with van der Waals surface area (Å²) in [6, 6.07) is 11.5. The number of halogens is 1. The predicted octanol–water partition coefficient (Wildman–Crippen LogP) is 4.43. The molecular formula is C26H34FN3O. The van der Waals surface area contributed by atoms with E-state index in [1.807, 2.05) is 24.0 Å². The Morgan fingerprint density at radius 2 is 1.68 bits per heavy atom. The molecule has 0 saturated carbocycles. The zero-order valence-corrected chi connectivity index (χ0v) is 19.2. The number of anilines is 2. The number of piperazine rings is 1. The zero-order valence-electron chi connectivity index (χ0n) is 19.2. The van der Waals surface area contributed by atoms with Gasteiger partial charge in [-0.3, -0.25) is 4.79 Å². The maximum atomic E-state index is 14.2. The van der Waals surface area contributed by atoms with Crippen molar-refractivity contribution in [3.8, 4) is 0 Å².